The minimum atomic E-state index is -1.05. The molecule has 1 amide bonds. The van der Waals surface area contributed by atoms with Gasteiger partial charge in [-0.1, -0.05) is 6.92 Å². The van der Waals surface area contributed by atoms with Crippen LogP contribution in [-0.2, 0) is 11.3 Å². The fourth-order valence-electron chi connectivity index (χ4n) is 2.07. The Kier molecular flexibility index (Phi) is 5.68. The maximum absolute atomic E-state index is 13.1. The number of nitrogens with zero attached hydrogens (tertiary/aromatic N) is 1. The predicted molar refractivity (Wildman–Crippen MR) is 86.1 cm³/mol. The molecule has 0 bridgehead atoms. The molecule has 0 aliphatic heterocycles. The third kappa shape index (κ3) is 4.41. The van der Waals surface area contributed by atoms with E-state index in [1.54, 1.807) is 6.20 Å². The number of pyridine rings is 1. The molecule has 1 aromatic heterocycles. The molecule has 128 valence electrons. The molecule has 1 heterocycles. The van der Waals surface area contributed by atoms with Crippen LogP contribution in [-0.4, -0.2) is 16.6 Å². The molecule has 5 nitrogen and oxygen atoms in total. The first-order chi connectivity index (χ1) is 11.4. The molecular formula is C17H18F2N2O3. The van der Waals surface area contributed by atoms with Crippen molar-refractivity contribution in [2.45, 2.75) is 32.9 Å². The number of benzene rings is 1. The molecule has 1 N–H and O–H groups in total. The van der Waals surface area contributed by atoms with Crippen LogP contribution in [0.15, 0.2) is 41.3 Å². The van der Waals surface area contributed by atoms with Crippen molar-refractivity contribution < 1.29 is 18.3 Å². The Bertz CT molecular complexity index is 790. The molecule has 2 rings (SSSR count). The van der Waals surface area contributed by atoms with Gasteiger partial charge in [0.1, 0.15) is 5.75 Å². The fourth-order valence-corrected chi connectivity index (χ4v) is 2.07. The van der Waals surface area contributed by atoms with Crippen LogP contribution in [0.25, 0.3) is 0 Å². The predicted octanol–water partition coefficient (Wildman–Crippen LogP) is 2.94. The molecule has 0 unspecified atom stereocenters. The van der Waals surface area contributed by atoms with E-state index >= 15 is 0 Å². The third-order valence-electron chi connectivity index (χ3n) is 3.29. The number of hydrogen-bond donors (Lipinski definition) is 1. The smallest absolute Gasteiger partial charge is 0.265 e. The van der Waals surface area contributed by atoms with Crippen LogP contribution in [0, 0.1) is 11.6 Å². The van der Waals surface area contributed by atoms with Crippen LogP contribution in [0.2, 0.25) is 0 Å². The number of amides is 1. The van der Waals surface area contributed by atoms with Crippen LogP contribution in [0.4, 0.5) is 14.5 Å². The first-order valence-corrected chi connectivity index (χ1v) is 7.53. The zero-order chi connectivity index (χ0) is 17.7. The van der Waals surface area contributed by atoms with Crippen molar-refractivity contribution in [3.05, 3.63) is 58.5 Å². The van der Waals surface area contributed by atoms with E-state index in [2.05, 4.69) is 5.32 Å². The molecule has 0 radical (unpaired) electrons. The molecular weight excluding hydrogens is 318 g/mol. The van der Waals surface area contributed by atoms with Gasteiger partial charge in [0.25, 0.3) is 11.5 Å². The van der Waals surface area contributed by atoms with Gasteiger partial charge in [0.05, 0.1) is 5.69 Å². The van der Waals surface area contributed by atoms with Crippen molar-refractivity contribution in [3.8, 4) is 5.75 Å². The summed E-state index contributed by atoms with van der Waals surface area (Å²) in [7, 11) is 0. The monoisotopic (exact) mass is 336 g/mol. The van der Waals surface area contributed by atoms with Crippen molar-refractivity contribution in [3.63, 3.8) is 0 Å². The van der Waals surface area contributed by atoms with Crippen molar-refractivity contribution in [1.82, 2.24) is 4.57 Å². The average molecular weight is 336 g/mol. The molecule has 7 heteroatoms. The summed E-state index contributed by atoms with van der Waals surface area (Å²) in [5.74, 6) is -2.46. The second kappa shape index (κ2) is 7.72. The number of aryl methyl sites for hydroxylation is 1. The van der Waals surface area contributed by atoms with E-state index in [9.17, 15) is 18.4 Å². The van der Waals surface area contributed by atoms with Gasteiger partial charge in [-0.15, -0.1) is 0 Å². The van der Waals surface area contributed by atoms with Gasteiger partial charge in [-0.25, -0.2) is 8.78 Å². The Morgan fingerprint density at radius 1 is 1.25 bits per heavy atom. The molecule has 24 heavy (non-hydrogen) atoms. The molecule has 0 fully saturated rings. The van der Waals surface area contributed by atoms with Crippen molar-refractivity contribution in [2.75, 3.05) is 5.32 Å². The Labute approximate surface area is 137 Å². The van der Waals surface area contributed by atoms with E-state index in [4.69, 9.17) is 4.74 Å². The van der Waals surface area contributed by atoms with Gasteiger partial charge < -0.3 is 14.6 Å². The van der Waals surface area contributed by atoms with Crippen molar-refractivity contribution >= 4 is 11.6 Å². The molecule has 1 aromatic carbocycles. The third-order valence-corrected chi connectivity index (χ3v) is 3.29. The molecule has 2 aromatic rings. The first-order valence-electron chi connectivity index (χ1n) is 7.53. The number of nitrogens with one attached hydrogen (secondary N) is 1. The number of anilines is 1. The minimum absolute atomic E-state index is 0.0486. The zero-order valence-electron chi connectivity index (χ0n) is 13.4. The summed E-state index contributed by atoms with van der Waals surface area (Å²) in [4.78, 5) is 23.8. The Morgan fingerprint density at radius 2 is 2.00 bits per heavy atom. The number of aromatic nitrogens is 1. The minimum Gasteiger partial charge on any atom is -0.481 e. The van der Waals surface area contributed by atoms with Gasteiger partial charge in [-0.05, 0) is 31.5 Å². The maximum Gasteiger partial charge on any atom is 0.265 e. The topological polar surface area (TPSA) is 60.3 Å². The molecule has 0 spiro atoms. The van der Waals surface area contributed by atoms with Gasteiger partial charge in [0.15, 0.2) is 17.7 Å². The lowest BCUT2D eigenvalue weighted by molar-refractivity contribution is -0.122. The standard InChI is InChI=1S/C17H18F2N2O3/c1-3-8-21-10-12(4-7-16(21)22)20-17(23)11(2)24-13-5-6-14(18)15(19)9-13/h4-7,9-11H,3,8H2,1-2H3,(H,20,23)/t11-/m0/s1. The van der Waals surface area contributed by atoms with Crippen LogP contribution >= 0.6 is 0 Å². The lowest BCUT2D eigenvalue weighted by Gasteiger charge is -2.15. The number of carbonyl (C=O) groups is 1. The van der Waals surface area contributed by atoms with E-state index in [0.717, 1.165) is 18.6 Å². The zero-order valence-corrected chi connectivity index (χ0v) is 13.4. The summed E-state index contributed by atoms with van der Waals surface area (Å²) < 4.78 is 32.8. The van der Waals surface area contributed by atoms with Gasteiger partial charge in [-0.3, -0.25) is 9.59 Å². The van der Waals surface area contributed by atoms with Crippen molar-refractivity contribution in [2.24, 2.45) is 0 Å². The molecule has 0 aliphatic rings. The van der Waals surface area contributed by atoms with Crippen LogP contribution in [0.1, 0.15) is 20.3 Å². The van der Waals surface area contributed by atoms with Crippen LogP contribution in [0.3, 0.4) is 0 Å². The normalized spacial score (nSPS) is 11.8. The Morgan fingerprint density at radius 3 is 2.67 bits per heavy atom. The summed E-state index contributed by atoms with van der Waals surface area (Å²) >= 11 is 0. The highest BCUT2D eigenvalue weighted by Gasteiger charge is 2.16. The largest absolute Gasteiger partial charge is 0.481 e. The number of hydrogen-bond acceptors (Lipinski definition) is 3. The first kappa shape index (κ1) is 17.7. The highest BCUT2D eigenvalue weighted by Crippen LogP contribution is 2.17. The average Bonchev–Trinajstić information content (AvgIpc) is 2.54. The van der Waals surface area contributed by atoms with Gasteiger partial charge in [0.2, 0.25) is 0 Å². The number of halogens is 2. The van der Waals surface area contributed by atoms with E-state index in [-0.39, 0.29) is 11.3 Å². The molecule has 1 atom stereocenters. The van der Waals surface area contributed by atoms with Crippen molar-refractivity contribution in [1.29, 1.82) is 0 Å². The van der Waals surface area contributed by atoms with Crippen LogP contribution < -0.4 is 15.6 Å². The van der Waals surface area contributed by atoms with E-state index in [1.165, 1.54) is 29.7 Å². The summed E-state index contributed by atoms with van der Waals surface area (Å²) in [6.07, 6.45) is 1.41. The summed E-state index contributed by atoms with van der Waals surface area (Å²) in [6, 6.07) is 5.91. The lowest BCUT2D eigenvalue weighted by Crippen LogP contribution is -2.31. The van der Waals surface area contributed by atoms with E-state index < -0.39 is 23.6 Å². The van der Waals surface area contributed by atoms with E-state index in [0.29, 0.717) is 12.2 Å². The Hall–Kier alpha value is -2.70. The lowest BCUT2D eigenvalue weighted by atomic mass is 10.3. The van der Waals surface area contributed by atoms with Crippen LogP contribution in [0.5, 0.6) is 5.75 Å². The second-order valence-corrected chi connectivity index (χ2v) is 5.27. The van der Waals surface area contributed by atoms with Gasteiger partial charge in [-0.2, -0.15) is 0 Å². The number of ether oxygens (including phenoxy) is 1. The molecule has 0 saturated heterocycles. The SMILES string of the molecule is CCCn1cc(NC(=O)[C@H](C)Oc2ccc(F)c(F)c2)ccc1=O. The highest BCUT2D eigenvalue weighted by atomic mass is 19.2. The molecule has 0 saturated carbocycles. The summed E-state index contributed by atoms with van der Waals surface area (Å²) in [6.45, 7) is 3.97. The van der Waals surface area contributed by atoms with Gasteiger partial charge >= 0.3 is 0 Å². The quantitative estimate of drug-likeness (QED) is 0.882. The Balaban J connectivity index is 2.04. The number of rotatable bonds is 6. The summed E-state index contributed by atoms with van der Waals surface area (Å²) in [5, 5.41) is 2.62. The maximum atomic E-state index is 13.1. The summed E-state index contributed by atoms with van der Waals surface area (Å²) in [5.41, 5.74) is 0.301. The highest BCUT2D eigenvalue weighted by molar-refractivity contribution is 5.93. The second-order valence-electron chi connectivity index (χ2n) is 5.27. The fraction of sp³-hybridized carbons (Fsp3) is 0.294. The number of carbonyl (C=O) groups excluding carboxylic acids is 1. The van der Waals surface area contributed by atoms with Gasteiger partial charge in [0, 0.05) is 24.9 Å². The van der Waals surface area contributed by atoms with E-state index in [1.807, 2.05) is 6.92 Å². The molecule has 0 aliphatic carbocycles.